The summed E-state index contributed by atoms with van der Waals surface area (Å²) in [5.41, 5.74) is 4.28. The van der Waals surface area contributed by atoms with Gasteiger partial charge in [0.2, 0.25) is 0 Å². The number of methoxy groups -OCH3 is 2. The van der Waals surface area contributed by atoms with Gasteiger partial charge in [0.25, 0.3) is 0 Å². The fourth-order valence-corrected chi connectivity index (χ4v) is 24.1. The number of allylic oxidation sites excluding steroid dienone is 1. The molecule has 0 aromatic heterocycles. The van der Waals surface area contributed by atoms with Gasteiger partial charge in [0.15, 0.2) is 8.32 Å². The van der Waals surface area contributed by atoms with Crippen LogP contribution in [-0.2, 0) is 23.4 Å². The summed E-state index contributed by atoms with van der Waals surface area (Å²) >= 11 is -2.85. The summed E-state index contributed by atoms with van der Waals surface area (Å²) in [6, 6.07) is 0. The Hall–Kier alpha value is -1.01. The van der Waals surface area contributed by atoms with Crippen LogP contribution in [0.25, 0.3) is 0 Å². The molecular weight excluding hydrogens is 735 g/mol. The molecule has 0 aliphatic rings. The zero-order valence-corrected chi connectivity index (χ0v) is 38.1. The number of hydrogen-bond donors (Lipinski definition) is 0. The van der Waals surface area contributed by atoms with Crippen LogP contribution in [-0.4, -0.2) is 72.2 Å². The van der Waals surface area contributed by atoms with Crippen molar-refractivity contribution in [3.05, 3.63) is 27.5 Å². The SMILES string of the molecule is C=C(C)[C@@H](CCC#CC(CC(C)(C[C](=C=CC)[Sn]([CH2]CCC)([CH2]CCC)[CH2]CCC)OCOC)OC(=O)OC)CCO[Si](C)(C)C(C)(C)C. The Labute approximate surface area is 308 Å². The van der Waals surface area contributed by atoms with Crippen LogP contribution in [0, 0.1) is 17.8 Å². The van der Waals surface area contributed by atoms with Crippen LogP contribution in [0.3, 0.4) is 0 Å². The van der Waals surface area contributed by atoms with Crippen LogP contribution in [0.5, 0.6) is 0 Å². The van der Waals surface area contributed by atoms with Gasteiger partial charge in [-0.15, -0.1) is 0 Å². The molecule has 0 spiro atoms. The van der Waals surface area contributed by atoms with Crippen molar-refractivity contribution in [1.82, 2.24) is 0 Å². The van der Waals surface area contributed by atoms with E-state index in [1.807, 2.05) is 0 Å². The summed E-state index contributed by atoms with van der Waals surface area (Å²) in [5.74, 6) is 6.95. The molecule has 2 unspecified atom stereocenters. The second-order valence-corrected chi connectivity index (χ2v) is 33.9. The Morgan fingerprint density at radius 3 is 1.98 bits per heavy atom. The number of carbonyl (C=O) groups is 1. The van der Waals surface area contributed by atoms with Gasteiger partial charge < -0.3 is 4.43 Å². The second kappa shape index (κ2) is 25.0. The first-order valence-electron chi connectivity index (χ1n) is 19.1. The van der Waals surface area contributed by atoms with Crippen molar-refractivity contribution in [2.24, 2.45) is 5.92 Å². The predicted octanol–water partition coefficient (Wildman–Crippen LogP) is 12.2. The molecule has 0 amide bonds. The minimum absolute atomic E-state index is 0.149. The molecule has 8 heteroatoms. The molecule has 3 atom stereocenters. The first-order chi connectivity index (χ1) is 23.0. The van der Waals surface area contributed by atoms with Gasteiger partial charge in [-0.2, -0.15) is 0 Å². The van der Waals surface area contributed by atoms with Gasteiger partial charge in [-0.05, 0) is 18.1 Å². The summed E-state index contributed by atoms with van der Waals surface area (Å²) in [6.07, 6.45) is 11.7. The number of carbonyl (C=O) groups excluding carboxylic acids is 1. The van der Waals surface area contributed by atoms with Crippen LogP contribution in [0.1, 0.15) is 133 Å². The summed E-state index contributed by atoms with van der Waals surface area (Å²) < 4.78 is 34.6. The maximum absolute atomic E-state index is 12.4. The molecule has 0 aliphatic carbocycles. The third kappa shape index (κ3) is 18.9. The monoisotopic (exact) mass is 812 g/mol. The van der Waals surface area contributed by atoms with Crippen molar-refractivity contribution in [2.75, 3.05) is 27.6 Å². The first kappa shape index (κ1) is 48.0. The van der Waals surface area contributed by atoms with E-state index in [1.165, 1.54) is 62.5 Å². The van der Waals surface area contributed by atoms with Crippen molar-refractivity contribution in [3.63, 3.8) is 0 Å². The van der Waals surface area contributed by atoms with E-state index in [4.69, 9.17) is 23.4 Å². The van der Waals surface area contributed by atoms with E-state index in [9.17, 15) is 4.79 Å². The molecule has 0 N–H and O–H groups in total. The van der Waals surface area contributed by atoms with Crippen LogP contribution >= 0.6 is 0 Å². The third-order valence-electron chi connectivity index (χ3n) is 10.4. The number of ether oxygens (including phenoxy) is 4. The first-order valence-corrected chi connectivity index (χ1v) is 29.4. The Morgan fingerprint density at radius 1 is 0.959 bits per heavy atom. The van der Waals surface area contributed by atoms with Gasteiger partial charge in [0.05, 0.1) is 0 Å². The van der Waals surface area contributed by atoms with Crippen LogP contribution in [0.15, 0.2) is 27.5 Å². The van der Waals surface area contributed by atoms with Gasteiger partial charge in [-0.25, -0.2) is 0 Å². The molecule has 0 bridgehead atoms. The Kier molecular flexibility index (Phi) is 24.5. The van der Waals surface area contributed by atoms with E-state index in [-0.39, 0.29) is 11.8 Å². The molecule has 284 valence electrons. The zero-order valence-electron chi connectivity index (χ0n) is 34.2. The van der Waals surface area contributed by atoms with Crippen LogP contribution in [0.2, 0.25) is 31.4 Å². The third-order valence-corrected chi connectivity index (χ3v) is 30.7. The van der Waals surface area contributed by atoms with Gasteiger partial charge in [0.1, 0.15) is 0 Å². The van der Waals surface area contributed by atoms with Gasteiger partial charge in [0, 0.05) is 0 Å². The van der Waals surface area contributed by atoms with E-state index >= 15 is 0 Å². The molecular formula is C41H76O6SiSn. The van der Waals surface area contributed by atoms with E-state index in [0.29, 0.717) is 18.8 Å². The van der Waals surface area contributed by atoms with E-state index in [1.54, 1.807) is 7.11 Å². The normalized spacial score (nSPS) is 14.5. The average Bonchev–Trinajstić information content (AvgIpc) is 3.03. The molecule has 6 nitrogen and oxygen atoms in total. The average molecular weight is 812 g/mol. The number of unbranched alkanes of at least 4 members (excludes halogenated alkanes) is 3. The van der Waals surface area contributed by atoms with E-state index in [0.717, 1.165) is 31.4 Å². The minimum atomic E-state index is -2.85. The molecule has 0 aromatic carbocycles. The maximum atomic E-state index is 12.4. The van der Waals surface area contributed by atoms with Crippen molar-refractivity contribution >= 4 is 32.8 Å². The van der Waals surface area contributed by atoms with Gasteiger partial charge in [-0.1, -0.05) is 20.8 Å². The standard InChI is InChI=1S/C29H49O6Si.3C4H9.Sn/c1-12-13-16-20-29(7,33-23-31-8)22-26(35-27(30)32-9)18-15-14-17-25(24(2)3)19-21-34-36(10,11)28(4,5)6;3*1-3-4-2;/h12,25-26H,2,14,17,19-23H2,1,3-11H3;3*1,3-4H2,2H3;/t13?,25-,26?,29?;;;;/m0..../s1. The second-order valence-electron chi connectivity index (χ2n) is 15.7. The zero-order chi connectivity index (χ0) is 37.6. The molecule has 0 saturated carbocycles. The van der Waals surface area contributed by atoms with Crippen molar-refractivity contribution in [1.29, 1.82) is 0 Å². The van der Waals surface area contributed by atoms with Crippen molar-refractivity contribution in [3.8, 4) is 11.8 Å². The topological polar surface area (TPSA) is 63.2 Å². The Bertz CT molecular complexity index is 1060. The van der Waals surface area contributed by atoms with Gasteiger partial charge >= 0.3 is 258 Å². The summed E-state index contributed by atoms with van der Waals surface area (Å²) in [6.45, 7) is 29.7. The van der Waals surface area contributed by atoms with Crippen molar-refractivity contribution < 1.29 is 28.2 Å². The molecule has 0 fully saturated rings. The molecule has 0 radical (unpaired) electrons. The number of rotatable bonds is 25. The summed E-state index contributed by atoms with van der Waals surface area (Å²) in [4.78, 5) is 12.4. The predicted molar refractivity (Wildman–Crippen MR) is 213 cm³/mol. The fourth-order valence-electron chi connectivity index (χ4n) is 6.12. The van der Waals surface area contributed by atoms with E-state index in [2.05, 4.69) is 106 Å². The summed E-state index contributed by atoms with van der Waals surface area (Å²) in [7, 11) is 1.18. The molecule has 0 rings (SSSR count). The van der Waals surface area contributed by atoms with Gasteiger partial charge in [-0.3, -0.25) is 0 Å². The Morgan fingerprint density at radius 2 is 1.53 bits per heavy atom. The molecule has 0 heterocycles. The molecule has 49 heavy (non-hydrogen) atoms. The van der Waals surface area contributed by atoms with Crippen LogP contribution < -0.4 is 0 Å². The summed E-state index contributed by atoms with van der Waals surface area (Å²) in [5, 5.41) is 0.183. The minimum Gasteiger partial charge on any atom is -0.417 e. The van der Waals surface area contributed by atoms with Crippen molar-refractivity contribution in [2.45, 2.75) is 176 Å². The Balaban J connectivity index is 6.33. The molecule has 0 aliphatic heterocycles. The smallest absolute Gasteiger partial charge is 0.417 e. The fraction of sp³-hybridized carbons (Fsp3) is 0.805. The van der Waals surface area contributed by atoms with Crippen LogP contribution in [0.4, 0.5) is 4.79 Å². The van der Waals surface area contributed by atoms with E-state index < -0.39 is 44.6 Å². The number of hydrogen-bond acceptors (Lipinski definition) is 6. The quantitative estimate of drug-likeness (QED) is 0.0229. The molecule has 0 aromatic rings. The molecule has 0 saturated heterocycles.